The van der Waals surface area contributed by atoms with Crippen LogP contribution in [0.1, 0.15) is 15.9 Å². The number of anilines is 1. The zero-order chi connectivity index (χ0) is 20.7. The number of nitrogens with one attached hydrogen (secondary N) is 2. The molecule has 0 fully saturated rings. The molecule has 7 heteroatoms. The number of pyridine rings is 1. The third-order valence-electron chi connectivity index (χ3n) is 5.27. The monoisotopic (exact) mass is 397 g/mol. The summed E-state index contributed by atoms with van der Waals surface area (Å²) in [5, 5.41) is 6.86. The number of methoxy groups -OCH3 is 1. The molecule has 7 nitrogen and oxygen atoms in total. The van der Waals surface area contributed by atoms with Gasteiger partial charge >= 0.3 is 0 Å². The van der Waals surface area contributed by atoms with E-state index in [9.17, 15) is 4.79 Å². The Bertz CT molecular complexity index is 1290. The smallest absolute Gasteiger partial charge is 0.251 e. The SMILES string of the molecule is CNc1nc(-c2cccnc2)nc2c(OC)cc(-c3ccc4c(c3)C(=O)NC4)cc12. The quantitative estimate of drug-likeness (QED) is 0.546. The summed E-state index contributed by atoms with van der Waals surface area (Å²) < 4.78 is 5.68. The Balaban J connectivity index is 1.71. The first-order valence-electron chi connectivity index (χ1n) is 9.57. The van der Waals surface area contributed by atoms with E-state index in [1.54, 1.807) is 19.5 Å². The largest absolute Gasteiger partial charge is 0.494 e. The second-order valence-electron chi connectivity index (χ2n) is 7.02. The van der Waals surface area contributed by atoms with Gasteiger partial charge in [0.15, 0.2) is 5.82 Å². The van der Waals surface area contributed by atoms with E-state index in [1.165, 1.54) is 0 Å². The van der Waals surface area contributed by atoms with E-state index >= 15 is 0 Å². The highest BCUT2D eigenvalue weighted by molar-refractivity contribution is 6.01. The van der Waals surface area contributed by atoms with E-state index < -0.39 is 0 Å². The number of hydrogen-bond acceptors (Lipinski definition) is 6. The molecule has 1 amide bonds. The lowest BCUT2D eigenvalue weighted by Gasteiger charge is -2.14. The summed E-state index contributed by atoms with van der Waals surface area (Å²) >= 11 is 0. The summed E-state index contributed by atoms with van der Waals surface area (Å²) in [6, 6.07) is 13.7. The van der Waals surface area contributed by atoms with Crippen molar-refractivity contribution in [2.45, 2.75) is 6.54 Å². The topological polar surface area (TPSA) is 89.0 Å². The van der Waals surface area contributed by atoms with E-state index in [2.05, 4.69) is 20.6 Å². The van der Waals surface area contributed by atoms with Crippen LogP contribution in [0.5, 0.6) is 5.75 Å². The number of amides is 1. The molecule has 0 unspecified atom stereocenters. The van der Waals surface area contributed by atoms with Crippen LogP contribution < -0.4 is 15.4 Å². The Kier molecular flexibility index (Phi) is 4.28. The summed E-state index contributed by atoms with van der Waals surface area (Å²) in [6.07, 6.45) is 3.45. The Hall–Kier alpha value is -4.00. The molecule has 2 aromatic carbocycles. The number of aromatic nitrogens is 3. The van der Waals surface area contributed by atoms with Crippen LogP contribution >= 0.6 is 0 Å². The second kappa shape index (κ2) is 7.11. The first-order chi connectivity index (χ1) is 14.7. The molecule has 0 saturated heterocycles. The third kappa shape index (κ3) is 2.91. The predicted molar refractivity (Wildman–Crippen MR) is 115 cm³/mol. The maximum Gasteiger partial charge on any atom is 0.251 e. The van der Waals surface area contributed by atoms with Crippen LogP contribution in [0.3, 0.4) is 0 Å². The first-order valence-corrected chi connectivity index (χ1v) is 9.57. The summed E-state index contributed by atoms with van der Waals surface area (Å²) in [5.74, 6) is 1.86. The average molecular weight is 397 g/mol. The predicted octanol–water partition coefficient (Wildman–Crippen LogP) is 3.65. The Morgan fingerprint density at radius 1 is 1.07 bits per heavy atom. The fourth-order valence-corrected chi connectivity index (χ4v) is 3.73. The van der Waals surface area contributed by atoms with Crippen molar-refractivity contribution >= 4 is 22.6 Å². The number of nitrogens with zero attached hydrogens (tertiary/aromatic N) is 3. The number of ether oxygens (including phenoxy) is 1. The minimum atomic E-state index is -0.0417. The van der Waals surface area contributed by atoms with Crippen molar-refractivity contribution in [1.29, 1.82) is 0 Å². The molecule has 1 aliphatic heterocycles. The number of fused-ring (bicyclic) bond motifs is 2. The molecule has 0 aliphatic carbocycles. The van der Waals surface area contributed by atoms with Gasteiger partial charge in [-0.05, 0) is 47.0 Å². The van der Waals surface area contributed by atoms with Gasteiger partial charge in [-0.1, -0.05) is 12.1 Å². The van der Waals surface area contributed by atoms with Gasteiger partial charge in [-0.3, -0.25) is 9.78 Å². The number of hydrogen-bond donors (Lipinski definition) is 2. The first kappa shape index (κ1) is 18.1. The molecular weight excluding hydrogens is 378 g/mol. The summed E-state index contributed by atoms with van der Waals surface area (Å²) in [5.41, 5.74) is 5.12. The van der Waals surface area contributed by atoms with Crippen molar-refractivity contribution in [2.24, 2.45) is 0 Å². The van der Waals surface area contributed by atoms with Crippen molar-refractivity contribution in [3.63, 3.8) is 0 Å². The minimum Gasteiger partial charge on any atom is -0.494 e. The van der Waals surface area contributed by atoms with Crippen LogP contribution in [-0.2, 0) is 6.54 Å². The van der Waals surface area contributed by atoms with Gasteiger partial charge in [-0.15, -0.1) is 0 Å². The Labute approximate surface area is 173 Å². The number of carbonyl (C=O) groups excluding carboxylic acids is 1. The van der Waals surface area contributed by atoms with E-state index in [0.29, 0.717) is 35.0 Å². The molecule has 5 rings (SSSR count). The number of rotatable bonds is 4. The van der Waals surface area contributed by atoms with Gasteiger partial charge < -0.3 is 15.4 Å². The van der Waals surface area contributed by atoms with Gasteiger partial charge in [0.1, 0.15) is 17.1 Å². The van der Waals surface area contributed by atoms with Gasteiger partial charge in [0, 0.05) is 42.5 Å². The van der Waals surface area contributed by atoms with Gasteiger partial charge in [-0.2, -0.15) is 0 Å². The summed E-state index contributed by atoms with van der Waals surface area (Å²) in [7, 11) is 3.45. The second-order valence-corrected chi connectivity index (χ2v) is 7.02. The third-order valence-corrected chi connectivity index (χ3v) is 5.27. The molecule has 0 bridgehead atoms. The van der Waals surface area contributed by atoms with E-state index in [1.807, 2.05) is 49.5 Å². The van der Waals surface area contributed by atoms with Crippen LogP contribution in [0, 0.1) is 0 Å². The normalized spacial score (nSPS) is 12.5. The van der Waals surface area contributed by atoms with E-state index in [0.717, 1.165) is 27.6 Å². The highest BCUT2D eigenvalue weighted by Gasteiger charge is 2.20. The molecule has 30 heavy (non-hydrogen) atoms. The molecule has 0 atom stereocenters. The molecule has 2 N–H and O–H groups in total. The summed E-state index contributed by atoms with van der Waals surface area (Å²) in [4.78, 5) is 25.7. The van der Waals surface area contributed by atoms with Crippen molar-refractivity contribution < 1.29 is 9.53 Å². The molecule has 0 radical (unpaired) electrons. The Morgan fingerprint density at radius 2 is 1.97 bits per heavy atom. The standard InChI is InChI=1S/C23H19N5O2/c1-24-22-18-9-16(13-5-6-14-12-26-23(29)17(14)8-13)10-19(30-2)20(18)27-21(28-22)15-4-3-7-25-11-15/h3-11H,12H2,1-2H3,(H,26,29)(H,24,27,28). The zero-order valence-corrected chi connectivity index (χ0v) is 16.6. The van der Waals surface area contributed by atoms with Gasteiger partial charge in [0.2, 0.25) is 0 Å². The maximum absolute atomic E-state index is 12.1. The molecule has 3 heterocycles. The molecule has 4 aromatic rings. The highest BCUT2D eigenvalue weighted by Crippen LogP contribution is 2.36. The Morgan fingerprint density at radius 3 is 2.73 bits per heavy atom. The lowest BCUT2D eigenvalue weighted by Crippen LogP contribution is -2.12. The van der Waals surface area contributed by atoms with Crippen LogP contribution in [0.2, 0.25) is 0 Å². The van der Waals surface area contributed by atoms with Gasteiger partial charge in [0.05, 0.1) is 7.11 Å². The lowest BCUT2D eigenvalue weighted by atomic mass is 9.98. The van der Waals surface area contributed by atoms with Crippen molar-refractivity contribution in [3.8, 4) is 28.3 Å². The van der Waals surface area contributed by atoms with Crippen molar-refractivity contribution in [3.05, 3.63) is 66.0 Å². The lowest BCUT2D eigenvalue weighted by molar-refractivity contribution is 0.0966. The van der Waals surface area contributed by atoms with Crippen LogP contribution in [0.4, 0.5) is 5.82 Å². The van der Waals surface area contributed by atoms with Crippen molar-refractivity contribution in [2.75, 3.05) is 19.5 Å². The average Bonchev–Trinajstić information content (AvgIpc) is 3.18. The number of carbonyl (C=O) groups is 1. The molecule has 0 spiro atoms. The van der Waals surface area contributed by atoms with Crippen LogP contribution in [0.15, 0.2) is 54.9 Å². The van der Waals surface area contributed by atoms with E-state index in [4.69, 9.17) is 9.72 Å². The molecule has 148 valence electrons. The van der Waals surface area contributed by atoms with Crippen LogP contribution in [0.25, 0.3) is 33.4 Å². The molecule has 2 aromatic heterocycles. The number of benzene rings is 2. The summed E-state index contributed by atoms with van der Waals surface area (Å²) in [6.45, 7) is 0.574. The molecule has 1 aliphatic rings. The van der Waals surface area contributed by atoms with Gasteiger partial charge in [-0.25, -0.2) is 9.97 Å². The van der Waals surface area contributed by atoms with Crippen molar-refractivity contribution in [1.82, 2.24) is 20.3 Å². The molecular formula is C23H19N5O2. The van der Waals surface area contributed by atoms with Gasteiger partial charge in [0.25, 0.3) is 5.91 Å². The van der Waals surface area contributed by atoms with Crippen LogP contribution in [-0.4, -0.2) is 35.0 Å². The maximum atomic E-state index is 12.1. The fraction of sp³-hybridized carbons (Fsp3) is 0.130. The highest BCUT2D eigenvalue weighted by atomic mass is 16.5. The molecule has 0 saturated carbocycles. The zero-order valence-electron chi connectivity index (χ0n) is 16.6. The fourth-order valence-electron chi connectivity index (χ4n) is 3.73. The van der Waals surface area contributed by atoms with E-state index in [-0.39, 0.29) is 5.91 Å². The minimum absolute atomic E-state index is 0.0417.